The highest BCUT2D eigenvalue weighted by atomic mass is 32.2. The van der Waals surface area contributed by atoms with Crippen LogP contribution in [0, 0.1) is 4.78 Å². The number of rotatable bonds is 0. The van der Waals surface area contributed by atoms with Gasteiger partial charge in [0.25, 0.3) is 0 Å². The van der Waals surface area contributed by atoms with E-state index in [0.29, 0.717) is 0 Å². The Morgan fingerprint density at radius 3 is 2.00 bits per heavy atom. The minimum absolute atomic E-state index is 1.17. The van der Waals surface area contributed by atoms with Crippen molar-refractivity contribution in [3.8, 4) is 0 Å². The molecule has 0 aromatic carbocycles. The maximum absolute atomic E-state index is 6.91. The Balaban J connectivity index is 4.06. The van der Waals surface area contributed by atoms with Crippen LogP contribution in [-0.4, -0.2) is 19.3 Å². The number of nitrogens with one attached hydrogen (secondary N) is 1. The predicted molar refractivity (Wildman–Crippen MR) is 31.7 cm³/mol. The van der Waals surface area contributed by atoms with Crippen molar-refractivity contribution in [3.63, 3.8) is 0 Å². The van der Waals surface area contributed by atoms with Crippen LogP contribution in [0.25, 0.3) is 0 Å². The van der Waals surface area contributed by atoms with Gasteiger partial charge in [-0.15, -0.1) is 0 Å². The molecule has 1 N–H and O–H groups in total. The molecule has 0 aliphatic rings. The zero-order valence-corrected chi connectivity index (χ0v) is 4.43. The fourth-order valence-electron chi connectivity index (χ4n) is 0. The quantitative estimate of drug-likeness (QED) is 0.306. The molecule has 0 aliphatic carbocycles. The molecule has 0 aliphatic heterocycles. The molecule has 0 fully saturated rings. The van der Waals surface area contributed by atoms with E-state index in [9.17, 15) is 0 Å². The second-order valence-electron chi connectivity index (χ2n) is 1.54. The van der Waals surface area contributed by atoms with Crippen LogP contribution in [0.1, 0.15) is 0 Å². The lowest BCUT2D eigenvalue weighted by molar-refractivity contribution is 1.64. The first-order chi connectivity index (χ1) is 2.00. The molecule has 0 bridgehead atoms. The Morgan fingerprint density at radius 2 is 2.00 bits per heavy atom. The molecule has 30 valence electrons. The van der Waals surface area contributed by atoms with Gasteiger partial charge in [0.2, 0.25) is 0 Å². The van der Waals surface area contributed by atoms with E-state index in [1.807, 2.05) is 13.4 Å². The van der Waals surface area contributed by atoms with Crippen molar-refractivity contribution in [2.45, 2.75) is 0 Å². The summed E-state index contributed by atoms with van der Waals surface area (Å²) in [5.74, 6) is 3.52. The molecule has 0 aromatic heterocycles. The molecule has 1 nitrogen and oxygen atoms in total. The topological polar surface area (TPSA) is 23.9 Å². The van der Waals surface area contributed by atoms with Crippen LogP contribution in [-0.2, 0) is 9.26 Å². The van der Waals surface area contributed by atoms with Crippen LogP contribution in [0.2, 0.25) is 0 Å². The minimum Gasteiger partial charge on any atom is -0.297 e. The monoisotopic (exact) mass is 89.0 g/mol. The second-order valence-corrected chi connectivity index (χ2v) is 4.61. The molecule has 1 atom stereocenters. The highest BCUT2D eigenvalue weighted by molar-refractivity contribution is 8.19. The molecule has 0 radical (unpaired) electrons. The van der Waals surface area contributed by atoms with Gasteiger partial charge in [0.1, 0.15) is 0 Å². The van der Waals surface area contributed by atoms with Crippen molar-refractivity contribution in [1.29, 1.82) is 4.78 Å². The van der Waals surface area contributed by atoms with Gasteiger partial charge in [0.15, 0.2) is 7.12 Å². The summed E-state index contributed by atoms with van der Waals surface area (Å²) in [6.45, 7) is 0. The molecular weight excluding hydrogens is 80.9 g/mol. The van der Waals surface area contributed by atoms with Gasteiger partial charge >= 0.3 is 0 Å². The van der Waals surface area contributed by atoms with Crippen LogP contribution in [0.3, 0.4) is 0 Å². The molecule has 0 heterocycles. The van der Waals surface area contributed by atoms with E-state index in [2.05, 4.69) is 5.87 Å². The van der Waals surface area contributed by atoms with E-state index >= 15 is 0 Å². The predicted octanol–water partition coefficient (Wildman–Crippen LogP) is -0.487. The summed E-state index contributed by atoms with van der Waals surface area (Å²) in [7, 11) is 0.660. The molecule has 0 amide bonds. The largest absolute Gasteiger partial charge is 0.297 e. The highest BCUT2D eigenvalue weighted by Gasteiger charge is 1.65. The zero-order chi connectivity index (χ0) is 4.50. The van der Waals surface area contributed by atoms with Crippen molar-refractivity contribution in [2.24, 2.45) is 0 Å². The Bertz CT molecular complexity index is 92.8. The highest BCUT2D eigenvalue weighted by Crippen LogP contribution is 1.63. The van der Waals surface area contributed by atoms with E-state index in [4.69, 9.17) is 4.78 Å². The number of hydrogen-bond acceptors (Lipinski definition) is 1. The lowest BCUT2D eigenvalue weighted by atomic mass is 10.8. The summed E-state index contributed by atoms with van der Waals surface area (Å²) in [5.41, 5.74) is 0. The van der Waals surface area contributed by atoms with Crippen molar-refractivity contribution in [2.75, 3.05) is 6.26 Å². The maximum Gasteiger partial charge on any atom is 0.182 e. The molecule has 0 rings (SSSR count). The third-order valence-corrected chi connectivity index (χ3v) is 0. The van der Waals surface area contributed by atoms with Crippen LogP contribution < -0.4 is 0 Å². The second kappa shape index (κ2) is 1.05. The minimum atomic E-state index is -1.17. The molecule has 0 saturated heterocycles. The molecule has 0 spiro atoms. The van der Waals surface area contributed by atoms with Gasteiger partial charge in [0, 0.05) is 0 Å². The Labute approximate surface area is 34.1 Å². The Hall–Kier alpha value is 0.0849. The summed E-state index contributed by atoms with van der Waals surface area (Å²) in [4.78, 5) is 0. The van der Waals surface area contributed by atoms with E-state index in [-0.39, 0.29) is 0 Å². The summed E-state index contributed by atoms with van der Waals surface area (Å²) in [6.07, 6.45) is 1.83. The van der Waals surface area contributed by atoms with Gasteiger partial charge in [0.05, 0.1) is 0 Å². The van der Waals surface area contributed by atoms with E-state index < -0.39 is 9.26 Å². The van der Waals surface area contributed by atoms with Crippen molar-refractivity contribution in [1.82, 2.24) is 0 Å². The van der Waals surface area contributed by atoms with Crippen LogP contribution >= 0.6 is 0 Å². The summed E-state index contributed by atoms with van der Waals surface area (Å²) in [6, 6.07) is 0. The van der Waals surface area contributed by atoms with Crippen molar-refractivity contribution >= 4 is 22.3 Å². The van der Waals surface area contributed by atoms with Crippen molar-refractivity contribution < 1.29 is 0 Å². The zero-order valence-electron chi connectivity index (χ0n) is 3.62. The normalized spacial score (nSPS) is 21.0. The molecule has 0 saturated carbocycles. The van der Waals surface area contributed by atoms with E-state index in [0.717, 1.165) is 0 Å². The first kappa shape index (κ1) is 5.08. The SMILES string of the molecule is BS(=C)(C)=N. The molecule has 1 unspecified atom stereocenters. The molecular formula is C2H8BNS. The Morgan fingerprint density at radius 1 is 2.00 bits per heavy atom. The summed E-state index contributed by atoms with van der Waals surface area (Å²) >= 11 is 0. The lowest BCUT2D eigenvalue weighted by Gasteiger charge is -1.84. The third kappa shape index (κ3) is 2460. The van der Waals surface area contributed by atoms with Gasteiger partial charge in [-0.2, -0.15) is 9.26 Å². The molecule has 3 heteroatoms. The maximum atomic E-state index is 6.91. The van der Waals surface area contributed by atoms with Crippen LogP contribution in [0.5, 0.6) is 0 Å². The first-order valence-corrected chi connectivity index (χ1v) is 3.93. The fourth-order valence-corrected chi connectivity index (χ4v) is 0. The standard InChI is InChI=1S/C2H8BNS/c1-5(2,3)4/h4H,1,3H2,2H3. The lowest BCUT2D eigenvalue weighted by Crippen LogP contribution is -1.86. The number of hydrogen-bond donors (Lipinski definition) is 1. The first-order valence-electron chi connectivity index (χ1n) is 1.31. The third-order valence-electron chi connectivity index (χ3n) is 0. The van der Waals surface area contributed by atoms with E-state index in [1.54, 1.807) is 0 Å². The van der Waals surface area contributed by atoms with Gasteiger partial charge < -0.3 is 0 Å². The smallest absolute Gasteiger partial charge is 0.182 e. The Kier molecular flexibility index (Phi) is 1.07. The van der Waals surface area contributed by atoms with Crippen LogP contribution in [0.4, 0.5) is 0 Å². The van der Waals surface area contributed by atoms with Gasteiger partial charge in [-0.3, -0.25) is 4.78 Å². The van der Waals surface area contributed by atoms with E-state index in [1.165, 1.54) is 0 Å². The molecule has 0 aromatic rings. The van der Waals surface area contributed by atoms with Gasteiger partial charge in [-0.1, -0.05) is 5.87 Å². The fraction of sp³-hybridized carbons (Fsp3) is 0.500. The average molecular weight is 89.0 g/mol. The van der Waals surface area contributed by atoms with Gasteiger partial charge in [-0.25, -0.2) is 0 Å². The molecule has 5 heavy (non-hydrogen) atoms. The van der Waals surface area contributed by atoms with Crippen LogP contribution in [0.15, 0.2) is 0 Å². The van der Waals surface area contributed by atoms with Gasteiger partial charge in [-0.05, 0) is 6.26 Å². The summed E-state index contributed by atoms with van der Waals surface area (Å²) < 4.78 is 6.91. The summed E-state index contributed by atoms with van der Waals surface area (Å²) in [5, 5.41) is 0. The average Bonchev–Trinajstić information content (AvgIpc) is 0.722. The van der Waals surface area contributed by atoms with Crippen molar-refractivity contribution in [3.05, 3.63) is 0 Å².